The van der Waals surface area contributed by atoms with Gasteiger partial charge in [-0.05, 0) is 6.92 Å². The molecule has 2 rings (SSSR count). The highest BCUT2D eigenvalue weighted by atomic mass is 32.2. The van der Waals surface area contributed by atoms with E-state index in [-0.39, 0.29) is 11.9 Å². The largest absolute Gasteiger partial charge is 0.333 e. The number of H-pyrrole nitrogens is 1. The molecule has 1 aliphatic heterocycles. The fraction of sp³-hybridized carbons (Fsp3) is 0.625. The molecule has 0 spiro atoms. The number of aromatic nitrogens is 3. The van der Waals surface area contributed by atoms with Gasteiger partial charge in [-0.25, -0.2) is 0 Å². The van der Waals surface area contributed by atoms with Gasteiger partial charge in [-0.1, -0.05) is 0 Å². The lowest BCUT2D eigenvalue weighted by atomic mass is 10.3. The van der Waals surface area contributed by atoms with Gasteiger partial charge in [-0.3, -0.25) is 4.79 Å². The van der Waals surface area contributed by atoms with Crippen molar-refractivity contribution in [3.63, 3.8) is 0 Å². The van der Waals surface area contributed by atoms with Crippen LogP contribution in [-0.4, -0.2) is 50.3 Å². The second kappa shape index (κ2) is 4.00. The van der Waals surface area contributed by atoms with Crippen molar-refractivity contribution in [2.45, 2.75) is 13.0 Å². The third-order valence-corrected chi connectivity index (χ3v) is 3.45. The molecule has 5 nitrogen and oxygen atoms in total. The van der Waals surface area contributed by atoms with Gasteiger partial charge >= 0.3 is 0 Å². The predicted molar refractivity (Wildman–Crippen MR) is 54.2 cm³/mol. The first-order chi connectivity index (χ1) is 6.79. The lowest BCUT2D eigenvalue weighted by Gasteiger charge is -2.32. The van der Waals surface area contributed by atoms with E-state index in [0.717, 1.165) is 18.1 Å². The van der Waals surface area contributed by atoms with Gasteiger partial charge in [-0.2, -0.15) is 27.2 Å². The fourth-order valence-electron chi connectivity index (χ4n) is 1.48. The average molecular weight is 212 g/mol. The van der Waals surface area contributed by atoms with Gasteiger partial charge < -0.3 is 4.90 Å². The van der Waals surface area contributed by atoms with E-state index in [0.29, 0.717) is 5.69 Å². The van der Waals surface area contributed by atoms with E-state index in [1.54, 1.807) is 0 Å². The molecule has 1 aliphatic rings. The molecular formula is C8H12N4OS. The molecule has 1 saturated heterocycles. The van der Waals surface area contributed by atoms with Crippen LogP contribution in [0, 0.1) is 0 Å². The first kappa shape index (κ1) is 9.51. The number of hydrogen-bond donors (Lipinski definition) is 1. The van der Waals surface area contributed by atoms with Crippen LogP contribution in [0.3, 0.4) is 0 Å². The van der Waals surface area contributed by atoms with Crippen LogP contribution in [-0.2, 0) is 0 Å². The number of carbonyl (C=O) groups excluding carboxylic acids is 1. The molecule has 1 fully saturated rings. The molecule has 1 N–H and O–H groups in total. The molecule has 1 aromatic heterocycles. The zero-order valence-corrected chi connectivity index (χ0v) is 8.75. The van der Waals surface area contributed by atoms with Gasteiger partial charge in [0.2, 0.25) is 0 Å². The summed E-state index contributed by atoms with van der Waals surface area (Å²) in [5.74, 6) is 1.99. The van der Waals surface area contributed by atoms with E-state index >= 15 is 0 Å². The van der Waals surface area contributed by atoms with Crippen molar-refractivity contribution < 1.29 is 4.79 Å². The van der Waals surface area contributed by atoms with Crippen LogP contribution >= 0.6 is 11.8 Å². The maximum atomic E-state index is 11.9. The van der Waals surface area contributed by atoms with Gasteiger partial charge in [-0.15, -0.1) is 0 Å². The van der Waals surface area contributed by atoms with Crippen molar-refractivity contribution in [3.05, 3.63) is 11.9 Å². The molecular weight excluding hydrogens is 200 g/mol. The zero-order chi connectivity index (χ0) is 9.97. The highest BCUT2D eigenvalue weighted by molar-refractivity contribution is 7.99. The molecule has 0 aromatic carbocycles. The van der Waals surface area contributed by atoms with Crippen LogP contribution < -0.4 is 0 Å². The average Bonchev–Trinajstić information content (AvgIpc) is 2.70. The fourth-order valence-corrected chi connectivity index (χ4v) is 2.49. The van der Waals surface area contributed by atoms with Crippen LogP contribution in [0.4, 0.5) is 0 Å². The predicted octanol–water partition coefficient (Wildman–Crippen LogP) is 0.382. The van der Waals surface area contributed by atoms with E-state index in [4.69, 9.17) is 0 Å². The summed E-state index contributed by atoms with van der Waals surface area (Å²) in [5, 5.41) is 9.88. The van der Waals surface area contributed by atoms with Crippen LogP contribution in [0.1, 0.15) is 17.4 Å². The summed E-state index contributed by atoms with van der Waals surface area (Å²) in [4.78, 5) is 13.7. The zero-order valence-electron chi connectivity index (χ0n) is 7.93. The Hall–Kier alpha value is -1.04. The lowest BCUT2D eigenvalue weighted by Crippen LogP contribution is -2.44. The molecule has 0 aliphatic carbocycles. The van der Waals surface area contributed by atoms with Crippen molar-refractivity contribution in [1.82, 2.24) is 20.3 Å². The third-order valence-electron chi connectivity index (χ3n) is 2.26. The third kappa shape index (κ3) is 1.75. The minimum atomic E-state index is -0.0217. The monoisotopic (exact) mass is 212 g/mol. The quantitative estimate of drug-likeness (QED) is 0.731. The van der Waals surface area contributed by atoms with Crippen molar-refractivity contribution >= 4 is 17.7 Å². The number of hydrogen-bond acceptors (Lipinski definition) is 4. The van der Waals surface area contributed by atoms with Crippen LogP contribution in [0.15, 0.2) is 6.20 Å². The molecule has 2 heterocycles. The number of rotatable bonds is 1. The van der Waals surface area contributed by atoms with E-state index in [9.17, 15) is 4.79 Å². The maximum Gasteiger partial charge on any atom is 0.276 e. The van der Waals surface area contributed by atoms with Gasteiger partial charge in [0.25, 0.3) is 5.91 Å². The van der Waals surface area contributed by atoms with Crippen LogP contribution in [0.5, 0.6) is 0 Å². The highest BCUT2D eigenvalue weighted by Gasteiger charge is 2.25. The second-order valence-corrected chi connectivity index (χ2v) is 4.43. The summed E-state index contributed by atoms with van der Waals surface area (Å²) in [7, 11) is 0. The van der Waals surface area contributed by atoms with E-state index < -0.39 is 0 Å². The Morgan fingerprint density at radius 1 is 1.79 bits per heavy atom. The first-order valence-electron chi connectivity index (χ1n) is 4.53. The molecule has 0 saturated carbocycles. The standard InChI is InChI=1S/C8H12N4OS/c1-6-5-14-3-2-12(6)8(13)7-4-9-11-10-7/h4,6H,2-3,5H2,1H3,(H,9,10,11). The number of nitrogens with one attached hydrogen (secondary N) is 1. The Balaban J connectivity index is 2.10. The van der Waals surface area contributed by atoms with Crippen molar-refractivity contribution in [3.8, 4) is 0 Å². The summed E-state index contributed by atoms with van der Waals surface area (Å²) < 4.78 is 0. The van der Waals surface area contributed by atoms with Gasteiger partial charge in [0.05, 0.1) is 6.20 Å². The van der Waals surface area contributed by atoms with Gasteiger partial charge in [0.1, 0.15) is 0 Å². The summed E-state index contributed by atoms with van der Waals surface area (Å²) in [6.07, 6.45) is 1.47. The van der Waals surface area contributed by atoms with Crippen LogP contribution in [0.2, 0.25) is 0 Å². The maximum absolute atomic E-state index is 11.9. The van der Waals surface area contributed by atoms with E-state index in [1.165, 1.54) is 6.20 Å². The normalized spacial score (nSPS) is 22.4. The minimum absolute atomic E-state index is 0.0217. The smallest absolute Gasteiger partial charge is 0.276 e. The van der Waals surface area contributed by atoms with Crippen molar-refractivity contribution in [2.75, 3.05) is 18.1 Å². The van der Waals surface area contributed by atoms with Gasteiger partial charge in [0.15, 0.2) is 5.69 Å². The Bertz CT molecular complexity index is 313. The van der Waals surface area contributed by atoms with Crippen molar-refractivity contribution in [1.29, 1.82) is 0 Å². The molecule has 1 amide bonds. The minimum Gasteiger partial charge on any atom is -0.333 e. The number of carbonyl (C=O) groups is 1. The lowest BCUT2D eigenvalue weighted by molar-refractivity contribution is 0.0710. The number of thioether (sulfide) groups is 1. The highest BCUT2D eigenvalue weighted by Crippen LogP contribution is 2.17. The summed E-state index contributed by atoms with van der Waals surface area (Å²) in [6, 6.07) is 0.290. The molecule has 0 radical (unpaired) electrons. The molecule has 0 bridgehead atoms. The summed E-state index contributed by atoms with van der Waals surface area (Å²) in [5.41, 5.74) is 0.406. The second-order valence-electron chi connectivity index (χ2n) is 3.28. The number of amides is 1. The SMILES string of the molecule is CC1CSCCN1C(=O)c1cn[nH]n1. The van der Waals surface area contributed by atoms with Crippen molar-refractivity contribution in [2.24, 2.45) is 0 Å². The van der Waals surface area contributed by atoms with Crippen LogP contribution in [0.25, 0.3) is 0 Å². The molecule has 1 unspecified atom stereocenters. The Morgan fingerprint density at radius 3 is 3.29 bits per heavy atom. The molecule has 6 heteroatoms. The van der Waals surface area contributed by atoms with E-state index in [1.807, 2.05) is 16.7 Å². The molecule has 14 heavy (non-hydrogen) atoms. The Labute approximate surface area is 86.2 Å². The summed E-state index contributed by atoms with van der Waals surface area (Å²) in [6.45, 7) is 2.86. The molecule has 76 valence electrons. The number of nitrogens with zero attached hydrogens (tertiary/aromatic N) is 3. The molecule has 1 atom stereocenters. The van der Waals surface area contributed by atoms with E-state index in [2.05, 4.69) is 22.3 Å². The topological polar surface area (TPSA) is 61.9 Å². The summed E-state index contributed by atoms with van der Waals surface area (Å²) >= 11 is 1.88. The number of aromatic amines is 1. The Morgan fingerprint density at radius 2 is 2.64 bits per heavy atom. The van der Waals surface area contributed by atoms with Gasteiger partial charge in [0, 0.05) is 24.1 Å². The Kier molecular flexibility index (Phi) is 2.72. The first-order valence-corrected chi connectivity index (χ1v) is 5.69. The molecule has 1 aromatic rings.